The molecule has 0 heterocycles. The van der Waals surface area contributed by atoms with Crippen molar-refractivity contribution in [1.82, 2.24) is 12.3 Å². The second kappa shape index (κ2) is 171. The van der Waals surface area contributed by atoms with E-state index < -0.39 is 0 Å². The van der Waals surface area contributed by atoms with Crippen molar-refractivity contribution in [3.8, 4) is 0 Å². The van der Waals surface area contributed by atoms with Gasteiger partial charge in [0.05, 0.1) is 0 Å². The summed E-state index contributed by atoms with van der Waals surface area (Å²) in [5.74, 6) is 0. The molecular formula is C2N4O2Zn. The van der Waals surface area contributed by atoms with Crippen LogP contribution in [0.15, 0.2) is 0 Å². The summed E-state index contributed by atoms with van der Waals surface area (Å²) < 4.78 is 0. The van der Waals surface area contributed by atoms with Gasteiger partial charge >= 0.3 is 19.5 Å². The van der Waals surface area contributed by atoms with Crippen molar-refractivity contribution in [2.24, 2.45) is 0 Å². The van der Waals surface area contributed by atoms with Gasteiger partial charge in [-0.1, -0.05) is 0 Å². The molecule has 0 saturated carbocycles. The van der Waals surface area contributed by atoms with Crippen molar-refractivity contribution >= 4 is 12.2 Å². The third-order valence-corrected chi connectivity index (χ3v) is 0. The minimum absolute atomic E-state index is 0. The first-order valence-electron chi connectivity index (χ1n) is 0.855. The fraction of sp³-hybridized carbons (Fsp3) is 0. The van der Waals surface area contributed by atoms with Crippen LogP contribution in [0.2, 0.25) is 0 Å². The van der Waals surface area contributed by atoms with Gasteiger partial charge in [0.25, 0.3) is 0 Å². The van der Waals surface area contributed by atoms with Crippen LogP contribution < -0.4 is 12.3 Å². The van der Waals surface area contributed by atoms with Gasteiger partial charge < -0.3 is 10.8 Å². The molecule has 0 spiro atoms. The summed E-state index contributed by atoms with van der Waals surface area (Å²) in [6.45, 7) is 0. The Morgan fingerprint density at radius 3 is 0.889 bits per heavy atom. The van der Waals surface area contributed by atoms with Gasteiger partial charge in [-0.2, -0.15) is 0 Å². The average Bonchev–Trinajstić information content (AvgIpc) is 1.39. The SMILES string of the molecule is [N-]=C=O.[N-]=C=O.[N].[N].[Zn+2]. The van der Waals surface area contributed by atoms with E-state index in [9.17, 15) is 0 Å². The Hall–Kier alpha value is -0.697. The smallest absolute Gasteiger partial charge is 0.724 e. The number of rotatable bonds is 0. The molecule has 0 aliphatic heterocycles. The van der Waals surface area contributed by atoms with Gasteiger partial charge in [0, 0.05) is 12.3 Å². The summed E-state index contributed by atoms with van der Waals surface area (Å²) in [5, 5.41) is 13.5. The van der Waals surface area contributed by atoms with Crippen molar-refractivity contribution in [2.75, 3.05) is 0 Å². The molecule has 7 heteroatoms. The van der Waals surface area contributed by atoms with Crippen molar-refractivity contribution in [1.29, 1.82) is 0 Å². The van der Waals surface area contributed by atoms with Gasteiger partial charge in [0.1, 0.15) is 0 Å². The summed E-state index contributed by atoms with van der Waals surface area (Å²) in [6.07, 6.45) is 1.00. The van der Waals surface area contributed by atoms with Crippen LogP contribution in [0.1, 0.15) is 0 Å². The third kappa shape index (κ3) is 423. The fourth-order valence-corrected chi connectivity index (χ4v) is 0. The molecule has 42 valence electrons. The first-order valence-corrected chi connectivity index (χ1v) is 0.855. The summed E-state index contributed by atoms with van der Waals surface area (Å²) in [5.41, 5.74) is 0. The molecule has 0 amide bonds. The maximum absolute atomic E-state index is 8.24. The molecule has 6 radical (unpaired) electrons. The van der Waals surface area contributed by atoms with Crippen LogP contribution in [0.3, 0.4) is 0 Å². The number of hydrogen-bond acceptors (Lipinski definition) is 2. The molecule has 0 rings (SSSR count). The van der Waals surface area contributed by atoms with E-state index in [-0.39, 0.29) is 31.8 Å². The van der Waals surface area contributed by atoms with Crippen molar-refractivity contribution in [3.05, 3.63) is 10.8 Å². The van der Waals surface area contributed by atoms with Crippen molar-refractivity contribution < 1.29 is 29.1 Å². The molecule has 9 heavy (non-hydrogen) atoms. The zero-order chi connectivity index (χ0) is 5.41. The van der Waals surface area contributed by atoms with Crippen LogP contribution in [0.5, 0.6) is 0 Å². The Kier molecular flexibility index (Phi) is 770. The second-order valence-electron chi connectivity index (χ2n) is 0.183. The van der Waals surface area contributed by atoms with Crippen LogP contribution in [-0.4, -0.2) is 12.2 Å². The van der Waals surface area contributed by atoms with E-state index in [1.165, 1.54) is 0 Å². The molecule has 0 unspecified atom stereocenters. The molecule has 0 saturated heterocycles. The average molecular weight is 177 g/mol. The van der Waals surface area contributed by atoms with E-state index in [1.54, 1.807) is 0 Å². The summed E-state index contributed by atoms with van der Waals surface area (Å²) in [6, 6.07) is 0. The monoisotopic (exact) mass is 176 g/mol. The third-order valence-electron chi connectivity index (χ3n) is 0. The maximum atomic E-state index is 8.24. The Bertz CT molecular complexity index is 70.6. The van der Waals surface area contributed by atoms with E-state index in [4.69, 9.17) is 20.4 Å². The molecule has 6 nitrogen and oxygen atoms in total. The molecule has 0 fully saturated rings. The topological polar surface area (TPSA) is 140 Å². The molecule has 0 N–H and O–H groups in total. The summed E-state index contributed by atoms with van der Waals surface area (Å²) >= 11 is 0. The van der Waals surface area contributed by atoms with Crippen LogP contribution in [0.4, 0.5) is 0 Å². The van der Waals surface area contributed by atoms with Crippen molar-refractivity contribution in [3.63, 3.8) is 0 Å². The maximum Gasteiger partial charge on any atom is 2.00 e. The zero-order valence-electron chi connectivity index (χ0n) is 4.31. The molecule has 0 aromatic rings. The Morgan fingerprint density at radius 1 is 0.889 bits per heavy atom. The predicted molar refractivity (Wildman–Crippen MR) is 22.4 cm³/mol. The number of nitrogens with zero attached hydrogens (tertiary/aromatic N) is 4. The fourth-order valence-electron chi connectivity index (χ4n) is 0. The number of hydrogen-bond donors (Lipinski definition) is 0. The Balaban J connectivity index is -0.00000000889. The van der Waals surface area contributed by atoms with Gasteiger partial charge in [0.15, 0.2) is 0 Å². The van der Waals surface area contributed by atoms with E-state index in [1.807, 2.05) is 0 Å². The van der Waals surface area contributed by atoms with Crippen molar-refractivity contribution in [2.45, 2.75) is 0 Å². The summed E-state index contributed by atoms with van der Waals surface area (Å²) in [7, 11) is 0. The van der Waals surface area contributed by atoms with E-state index in [0.717, 1.165) is 0 Å². The molecule has 0 aliphatic rings. The Labute approximate surface area is 65.0 Å². The molecule has 0 bridgehead atoms. The van der Waals surface area contributed by atoms with Gasteiger partial charge in [-0.15, -0.1) is 0 Å². The number of isocyanates is 2. The van der Waals surface area contributed by atoms with Crippen LogP contribution >= 0.6 is 0 Å². The zero-order valence-corrected chi connectivity index (χ0v) is 7.28. The van der Waals surface area contributed by atoms with Gasteiger partial charge in [0.2, 0.25) is 0 Å². The molecular weight excluding hydrogens is 177 g/mol. The summed E-state index contributed by atoms with van der Waals surface area (Å²) in [4.78, 5) is 16.5. The van der Waals surface area contributed by atoms with E-state index in [2.05, 4.69) is 0 Å². The predicted octanol–water partition coefficient (Wildman–Crippen LogP) is -1.18. The van der Waals surface area contributed by atoms with E-state index in [0.29, 0.717) is 12.2 Å². The number of carbonyl (C=O) groups excluding carboxylic acids is 2. The Morgan fingerprint density at radius 2 is 0.889 bits per heavy atom. The molecule has 0 aromatic heterocycles. The molecule has 0 atom stereocenters. The van der Waals surface area contributed by atoms with Gasteiger partial charge in [-0.3, -0.25) is 9.59 Å². The largest absolute Gasteiger partial charge is 2.00 e. The van der Waals surface area contributed by atoms with Gasteiger partial charge in [-0.05, 0) is 12.2 Å². The van der Waals surface area contributed by atoms with Crippen LogP contribution in [0.25, 0.3) is 10.8 Å². The van der Waals surface area contributed by atoms with Gasteiger partial charge in [-0.25, -0.2) is 0 Å². The standard InChI is InChI=1S/2CNO.2N.Zn/c2*2-1-3;;;/q2*-1;;;+2. The molecule has 0 aliphatic carbocycles. The minimum Gasteiger partial charge on any atom is -0.724 e. The van der Waals surface area contributed by atoms with Crippen LogP contribution in [0, 0.1) is 0 Å². The molecule has 0 aromatic carbocycles. The normalized spacial score (nSPS) is 1.78. The minimum atomic E-state index is 0. The first kappa shape index (κ1) is 40.6. The first-order chi connectivity index (χ1) is 2.83. The van der Waals surface area contributed by atoms with E-state index >= 15 is 0 Å². The second-order valence-corrected chi connectivity index (χ2v) is 0.183. The quantitative estimate of drug-likeness (QED) is 0.261. The van der Waals surface area contributed by atoms with Crippen LogP contribution in [-0.2, 0) is 29.1 Å².